The standard InChI is InChI=1S/C9H11N.3CO.Fe/c1-7-6-8-4-2-3-5-9(8)10-7;3*1-2;/h2-5,8-9H,6H2,1H3;;;;/t8-,9+;;;;/m1..../s1. The molecule has 0 spiro atoms. The van der Waals surface area contributed by atoms with Crippen LogP contribution >= 0.6 is 0 Å². The minimum absolute atomic E-state index is 0. The first-order chi connectivity index (χ1) is 7.86. The van der Waals surface area contributed by atoms with E-state index in [1.165, 1.54) is 5.71 Å². The van der Waals surface area contributed by atoms with E-state index in [9.17, 15) is 0 Å². The van der Waals surface area contributed by atoms with Gasteiger partial charge in [0.05, 0.1) is 6.04 Å². The number of rotatable bonds is 0. The largest absolute Gasteiger partial charge is 0 e. The van der Waals surface area contributed by atoms with Gasteiger partial charge in [-0.05, 0) is 13.3 Å². The summed E-state index contributed by atoms with van der Waals surface area (Å²) in [6, 6.07) is 0.463. The second kappa shape index (κ2) is 14.9. The first-order valence-electron chi connectivity index (χ1n) is 4.36. The number of hydrogen-bond acceptors (Lipinski definition) is 1. The Bertz CT molecular complexity index is 325. The molecule has 0 unspecified atom stereocenters. The molecule has 90 valence electrons. The summed E-state index contributed by atoms with van der Waals surface area (Å²) >= 11 is 0. The van der Waals surface area contributed by atoms with Crippen LogP contribution in [0.5, 0.6) is 0 Å². The van der Waals surface area contributed by atoms with Crippen molar-refractivity contribution in [2.24, 2.45) is 10.9 Å². The Morgan fingerprint density at radius 2 is 1.53 bits per heavy atom. The molecule has 0 bridgehead atoms. The van der Waals surface area contributed by atoms with Crippen LogP contribution in [-0.4, -0.2) is 11.8 Å². The van der Waals surface area contributed by atoms with Crippen LogP contribution < -0.4 is 0 Å². The normalized spacial score (nSPS) is 21.5. The number of aliphatic imine (C=N–C) groups is 1. The van der Waals surface area contributed by atoms with E-state index < -0.39 is 0 Å². The Balaban J connectivity index is -0.000000248. The predicted molar refractivity (Wildman–Crippen MR) is 55.1 cm³/mol. The third-order valence-electron chi connectivity index (χ3n) is 2.12. The van der Waals surface area contributed by atoms with Gasteiger partial charge >= 0.3 is 33.9 Å². The summed E-state index contributed by atoms with van der Waals surface area (Å²) in [4.78, 5) is 4.49. The summed E-state index contributed by atoms with van der Waals surface area (Å²) in [5.74, 6) is 0.671. The number of fused-ring (bicyclic) bond motifs is 1. The first-order valence-corrected chi connectivity index (χ1v) is 4.36. The SMILES string of the molecule is CC1=N[C@H]2C=CC=C[C@@H]2C1.[C-]#[O+].[C-]#[O+].[C-]#[O+].[Fe]. The van der Waals surface area contributed by atoms with Crippen LogP contribution in [0.1, 0.15) is 13.3 Å². The molecule has 4 nitrogen and oxygen atoms in total. The van der Waals surface area contributed by atoms with E-state index >= 15 is 0 Å². The van der Waals surface area contributed by atoms with Gasteiger partial charge in [0.2, 0.25) is 0 Å². The molecule has 0 saturated carbocycles. The maximum Gasteiger partial charge on any atom is 0 e. The molecular weight excluding hydrogens is 262 g/mol. The van der Waals surface area contributed by atoms with Gasteiger partial charge in [0.25, 0.3) is 0 Å². The van der Waals surface area contributed by atoms with Gasteiger partial charge in [-0.2, -0.15) is 0 Å². The molecule has 0 N–H and O–H groups in total. The molecule has 2 aliphatic rings. The fraction of sp³-hybridized carbons (Fsp3) is 0.333. The van der Waals surface area contributed by atoms with Crippen LogP contribution in [0.4, 0.5) is 0 Å². The van der Waals surface area contributed by atoms with E-state index in [2.05, 4.69) is 56.2 Å². The third-order valence-corrected chi connectivity index (χ3v) is 2.12. The van der Waals surface area contributed by atoms with E-state index in [1.54, 1.807) is 0 Å². The van der Waals surface area contributed by atoms with Crippen LogP contribution in [0, 0.1) is 25.9 Å². The first kappa shape index (κ1) is 21.2. The van der Waals surface area contributed by atoms with Gasteiger partial charge in [-0.1, -0.05) is 24.3 Å². The van der Waals surface area contributed by atoms with E-state index in [4.69, 9.17) is 14.0 Å². The molecule has 17 heavy (non-hydrogen) atoms. The average Bonchev–Trinajstić information content (AvgIpc) is 2.76. The smallest absolute Gasteiger partial charge is 0 e. The van der Waals surface area contributed by atoms with Crippen molar-refractivity contribution in [2.75, 3.05) is 0 Å². The van der Waals surface area contributed by atoms with Crippen molar-refractivity contribution in [1.82, 2.24) is 0 Å². The molecule has 5 heteroatoms. The molecule has 0 radical (unpaired) electrons. The number of allylic oxidation sites excluding steroid dienone is 2. The minimum atomic E-state index is 0. The van der Waals surface area contributed by atoms with Gasteiger partial charge in [-0.25, -0.2) is 0 Å². The molecule has 1 heterocycles. The summed E-state index contributed by atoms with van der Waals surface area (Å²) < 4.78 is 22.5. The van der Waals surface area contributed by atoms with Crippen molar-refractivity contribution in [3.63, 3.8) is 0 Å². The fourth-order valence-corrected chi connectivity index (χ4v) is 1.62. The Kier molecular flexibility index (Phi) is 18.6. The zero-order valence-electron chi connectivity index (χ0n) is 9.20. The molecule has 2 rings (SSSR count). The Morgan fingerprint density at radius 1 is 1.06 bits per heavy atom. The molecule has 0 aromatic heterocycles. The maximum absolute atomic E-state index is 7.50. The van der Waals surface area contributed by atoms with Gasteiger partial charge < -0.3 is 0 Å². The summed E-state index contributed by atoms with van der Waals surface area (Å²) in [6.45, 7) is 15.6. The number of nitrogens with zero attached hydrogens (tertiary/aromatic N) is 1. The minimum Gasteiger partial charge on any atom is 0 e. The molecule has 0 aromatic carbocycles. The van der Waals surface area contributed by atoms with Crippen LogP contribution in [-0.2, 0) is 31.0 Å². The molecular formula is C12H11FeNO3. The maximum atomic E-state index is 7.50. The summed E-state index contributed by atoms with van der Waals surface area (Å²) in [5, 5.41) is 0. The van der Waals surface area contributed by atoms with Gasteiger partial charge in [-0.3, -0.25) is 4.99 Å². The van der Waals surface area contributed by atoms with E-state index in [0.717, 1.165) is 6.42 Å². The molecule has 1 aliphatic heterocycles. The van der Waals surface area contributed by atoms with Gasteiger partial charge in [0.15, 0.2) is 0 Å². The van der Waals surface area contributed by atoms with Crippen LogP contribution in [0.25, 0.3) is 0 Å². The molecule has 1 aliphatic carbocycles. The van der Waals surface area contributed by atoms with E-state index in [0.29, 0.717) is 12.0 Å². The van der Waals surface area contributed by atoms with Crippen molar-refractivity contribution < 1.29 is 31.0 Å². The molecule has 0 aromatic rings. The summed E-state index contributed by atoms with van der Waals surface area (Å²) in [7, 11) is 0. The van der Waals surface area contributed by atoms with E-state index in [1.807, 2.05) is 0 Å². The predicted octanol–water partition coefficient (Wildman–Crippen LogP) is 1.85. The Labute approximate surface area is 112 Å². The van der Waals surface area contributed by atoms with Crippen LogP contribution in [0.15, 0.2) is 29.3 Å². The molecule has 2 atom stereocenters. The zero-order chi connectivity index (χ0) is 13.0. The van der Waals surface area contributed by atoms with Crippen molar-refractivity contribution in [3.8, 4) is 0 Å². The molecule has 0 amide bonds. The average molecular weight is 273 g/mol. The van der Waals surface area contributed by atoms with Gasteiger partial charge in [0, 0.05) is 28.7 Å². The topological polar surface area (TPSA) is 72.1 Å². The molecule has 0 fully saturated rings. The quantitative estimate of drug-likeness (QED) is 0.367. The van der Waals surface area contributed by atoms with Crippen LogP contribution in [0.2, 0.25) is 0 Å². The zero-order valence-corrected chi connectivity index (χ0v) is 10.3. The van der Waals surface area contributed by atoms with Gasteiger partial charge in [0.1, 0.15) is 0 Å². The second-order valence-electron chi connectivity index (χ2n) is 2.99. The third kappa shape index (κ3) is 7.73. The van der Waals surface area contributed by atoms with E-state index in [-0.39, 0.29) is 17.1 Å². The van der Waals surface area contributed by atoms with Crippen molar-refractivity contribution in [3.05, 3.63) is 44.3 Å². The van der Waals surface area contributed by atoms with Gasteiger partial charge in [-0.15, -0.1) is 0 Å². The second-order valence-corrected chi connectivity index (χ2v) is 2.99. The Hall–Kier alpha value is -1.11. The van der Waals surface area contributed by atoms with Crippen molar-refractivity contribution >= 4 is 5.71 Å². The van der Waals surface area contributed by atoms with Crippen LogP contribution in [0.3, 0.4) is 0 Å². The summed E-state index contributed by atoms with van der Waals surface area (Å²) in [5.41, 5.74) is 1.30. The fourth-order valence-electron chi connectivity index (χ4n) is 1.62. The van der Waals surface area contributed by atoms with Crippen molar-refractivity contribution in [1.29, 1.82) is 0 Å². The monoisotopic (exact) mass is 273 g/mol. The molecule has 0 saturated heterocycles. The summed E-state index contributed by atoms with van der Waals surface area (Å²) in [6.07, 6.45) is 9.80. The Morgan fingerprint density at radius 3 is 2.00 bits per heavy atom. The van der Waals surface area contributed by atoms with Crippen molar-refractivity contribution in [2.45, 2.75) is 19.4 Å². The number of hydrogen-bond donors (Lipinski definition) is 0.